The number of nitrogens with one attached hydrogen (secondary N) is 2. The quantitative estimate of drug-likeness (QED) is 0.346. The summed E-state index contributed by atoms with van der Waals surface area (Å²) in [6.45, 7) is 9.09. The zero-order chi connectivity index (χ0) is 17.1. The highest BCUT2D eigenvalue weighted by molar-refractivity contribution is 14.0. The average Bonchev–Trinajstić information content (AvgIpc) is 2.56. The normalized spacial score (nSPS) is 13.1. The number of aliphatic imine (C=N–C) groups is 1. The summed E-state index contributed by atoms with van der Waals surface area (Å²) < 4.78 is 11.1. The summed E-state index contributed by atoms with van der Waals surface area (Å²) in [6, 6.07) is 10.2. The second kappa shape index (κ2) is 12.5. The highest BCUT2D eigenvalue weighted by Gasteiger charge is 2.16. The summed E-state index contributed by atoms with van der Waals surface area (Å²) in [6.07, 6.45) is 0. The molecule has 6 heteroatoms. The Hall–Kier alpha value is -0.860. The third-order valence-corrected chi connectivity index (χ3v) is 3.59. The Morgan fingerprint density at radius 1 is 1.21 bits per heavy atom. The number of guanidine groups is 1. The minimum atomic E-state index is -0.220. The van der Waals surface area contributed by atoms with Gasteiger partial charge in [-0.25, -0.2) is 0 Å². The highest BCUT2D eigenvalue weighted by atomic mass is 127. The van der Waals surface area contributed by atoms with Crippen LogP contribution in [0.5, 0.6) is 0 Å². The van der Waals surface area contributed by atoms with Crippen LogP contribution in [-0.2, 0) is 16.1 Å². The van der Waals surface area contributed by atoms with Gasteiger partial charge in [-0.1, -0.05) is 37.3 Å². The Balaban J connectivity index is 0.00000529. The SMILES string of the molecule is CN=C(NCC(C)COCc1ccccc1)NCC(C)(C)OC.I. The van der Waals surface area contributed by atoms with Crippen LogP contribution in [0, 0.1) is 5.92 Å². The number of hydrogen-bond acceptors (Lipinski definition) is 3. The van der Waals surface area contributed by atoms with Crippen LogP contribution >= 0.6 is 24.0 Å². The van der Waals surface area contributed by atoms with Crippen molar-refractivity contribution in [3.05, 3.63) is 35.9 Å². The standard InChI is InChI=1S/C18H31N3O2.HI/c1-15(12-23-13-16-9-7-6-8-10-16)11-20-17(19-4)21-14-18(2,3)22-5;/h6-10,15H,11-14H2,1-5H3,(H2,19,20,21);1H. The molecule has 5 nitrogen and oxygen atoms in total. The van der Waals surface area contributed by atoms with Gasteiger partial charge in [-0.3, -0.25) is 4.99 Å². The second-order valence-corrected chi connectivity index (χ2v) is 6.38. The molecule has 1 unspecified atom stereocenters. The smallest absolute Gasteiger partial charge is 0.191 e. The Bertz CT molecular complexity index is 467. The largest absolute Gasteiger partial charge is 0.377 e. The van der Waals surface area contributed by atoms with Crippen LogP contribution in [0.1, 0.15) is 26.3 Å². The van der Waals surface area contributed by atoms with Gasteiger partial charge in [0.2, 0.25) is 0 Å². The van der Waals surface area contributed by atoms with Crippen molar-refractivity contribution < 1.29 is 9.47 Å². The fourth-order valence-electron chi connectivity index (χ4n) is 1.87. The monoisotopic (exact) mass is 449 g/mol. The minimum Gasteiger partial charge on any atom is -0.377 e. The summed E-state index contributed by atoms with van der Waals surface area (Å²) in [5.74, 6) is 1.18. The van der Waals surface area contributed by atoms with Gasteiger partial charge in [-0.2, -0.15) is 0 Å². The van der Waals surface area contributed by atoms with Crippen molar-refractivity contribution in [2.45, 2.75) is 33.0 Å². The molecule has 0 saturated heterocycles. The number of hydrogen-bond donors (Lipinski definition) is 2. The zero-order valence-corrected chi connectivity index (χ0v) is 17.8. The maximum atomic E-state index is 5.76. The van der Waals surface area contributed by atoms with Gasteiger partial charge < -0.3 is 20.1 Å². The lowest BCUT2D eigenvalue weighted by atomic mass is 10.1. The van der Waals surface area contributed by atoms with Crippen LogP contribution in [0.4, 0.5) is 0 Å². The van der Waals surface area contributed by atoms with E-state index in [0.717, 1.165) is 12.5 Å². The molecule has 0 fully saturated rings. The Labute approximate surface area is 163 Å². The number of rotatable bonds is 9. The zero-order valence-electron chi connectivity index (χ0n) is 15.5. The van der Waals surface area contributed by atoms with Gasteiger partial charge in [0.05, 0.1) is 18.8 Å². The number of ether oxygens (including phenoxy) is 2. The van der Waals surface area contributed by atoms with E-state index in [1.54, 1.807) is 14.2 Å². The molecule has 0 spiro atoms. The fraction of sp³-hybridized carbons (Fsp3) is 0.611. The first kappa shape index (κ1) is 23.1. The van der Waals surface area contributed by atoms with Crippen LogP contribution in [0.25, 0.3) is 0 Å². The topological polar surface area (TPSA) is 54.9 Å². The molecule has 0 saturated carbocycles. The molecule has 0 amide bonds. The molecular weight excluding hydrogens is 417 g/mol. The summed E-state index contributed by atoms with van der Waals surface area (Å²) in [5, 5.41) is 6.59. The van der Waals surface area contributed by atoms with E-state index in [0.29, 0.717) is 25.7 Å². The van der Waals surface area contributed by atoms with E-state index in [-0.39, 0.29) is 29.6 Å². The lowest BCUT2D eigenvalue weighted by Crippen LogP contribution is -2.46. The summed E-state index contributed by atoms with van der Waals surface area (Å²) in [4.78, 5) is 4.22. The van der Waals surface area contributed by atoms with Crippen molar-refractivity contribution in [1.29, 1.82) is 0 Å². The molecule has 0 radical (unpaired) electrons. The van der Waals surface area contributed by atoms with Gasteiger partial charge in [0.25, 0.3) is 0 Å². The van der Waals surface area contributed by atoms with Crippen LogP contribution in [0.15, 0.2) is 35.3 Å². The van der Waals surface area contributed by atoms with Gasteiger partial charge in [0, 0.05) is 27.2 Å². The van der Waals surface area contributed by atoms with Gasteiger partial charge >= 0.3 is 0 Å². The van der Waals surface area contributed by atoms with Gasteiger partial charge in [-0.05, 0) is 25.3 Å². The Morgan fingerprint density at radius 3 is 2.46 bits per heavy atom. The van der Waals surface area contributed by atoms with E-state index in [2.05, 4.69) is 34.7 Å². The van der Waals surface area contributed by atoms with Crippen molar-refractivity contribution in [2.24, 2.45) is 10.9 Å². The number of nitrogens with zero attached hydrogens (tertiary/aromatic N) is 1. The Kier molecular flexibility index (Phi) is 12.0. The predicted molar refractivity (Wildman–Crippen MR) is 111 cm³/mol. The molecule has 1 atom stereocenters. The average molecular weight is 449 g/mol. The molecule has 0 aromatic heterocycles. The first-order chi connectivity index (χ1) is 11.0. The van der Waals surface area contributed by atoms with E-state index in [1.165, 1.54) is 5.56 Å². The van der Waals surface area contributed by atoms with Crippen molar-refractivity contribution >= 4 is 29.9 Å². The molecule has 0 aliphatic rings. The molecule has 0 aliphatic heterocycles. The molecule has 24 heavy (non-hydrogen) atoms. The van der Waals surface area contributed by atoms with Crippen molar-refractivity contribution in [3.63, 3.8) is 0 Å². The van der Waals surface area contributed by atoms with E-state index < -0.39 is 0 Å². The summed E-state index contributed by atoms with van der Waals surface area (Å²) >= 11 is 0. The number of benzene rings is 1. The summed E-state index contributed by atoms with van der Waals surface area (Å²) in [7, 11) is 3.48. The first-order valence-electron chi connectivity index (χ1n) is 8.08. The van der Waals surface area contributed by atoms with E-state index >= 15 is 0 Å². The molecule has 0 aliphatic carbocycles. The van der Waals surface area contributed by atoms with Crippen molar-refractivity contribution in [2.75, 3.05) is 33.9 Å². The van der Waals surface area contributed by atoms with E-state index in [1.807, 2.05) is 32.0 Å². The number of methoxy groups -OCH3 is 1. The molecule has 1 rings (SSSR count). The third kappa shape index (κ3) is 10.1. The lowest BCUT2D eigenvalue weighted by molar-refractivity contribution is 0.0268. The van der Waals surface area contributed by atoms with Gasteiger partial charge in [0.1, 0.15) is 0 Å². The maximum absolute atomic E-state index is 5.76. The predicted octanol–water partition coefficient (Wildman–Crippen LogP) is 3.05. The van der Waals surface area contributed by atoms with Crippen molar-refractivity contribution in [1.82, 2.24) is 10.6 Å². The van der Waals surface area contributed by atoms with Gasteiger partial charge in [0.15, 0.2) is 5.96 Å². The first-order valence-corrected chi connectivity index (χ1v) is 8.08. The van der Waals surface area contributed by atoms with Crippen LogP contribution in [0.3, 0.4) is 0 Å². The third-order valence-electron chi connectivity index (χ3n) is 3.59. The summed E-state index contributed by atoms with van der Waals surface area (Å²) in [5.41, 5.74) is 0.981. The molecule has 2 N–H and O–H groups in total. The second-order valence-electron chi connectivity index (χ2n) is 6.38. The van der Waals surface area contributed by atoms with E-state index in [4.69, 9.17) is 9.47 Å². The lowest BCUT2D eigenvalue weighted by Gasteiger charge is -2.25. The molecule has 1 aromatic rings. The molecule has 138 valence electrons. The fourth-order valence-corrected chi connectivity index (χ4v) is 1.87. The maximum Gasteiger partial charge on any atom is 0.191 e. The van der Waals surface area contributed by atoms with Crippen LogP contribution in [0.2, 0.25) is 0 Å². The molecule has 0 bridgehead atoms. The molecule has 0 heterocycles. The van der Waals surface area contributed by atoms with Crippen LogP contribution < -0.4 is 10.6 Å². The molecular formula is C18H32IN3O2. The number of halogens is 1. The van der Waals surface area contributed by atoms with Crippen molar-refractivity contribution in [3.8, 4) is 0 Å². The Morgan fingerprint density at radius 2 is 1.88 bits per heavy atom. The van der Waals surface area contributed by atoms with Crippen LogP contribution in [-0.4, -0.2) is 45.4 Å². The van der Waals surface area contributed by atoms with Gasteiger partial charge in [-0.15, -0.1) is 24.0 Å². The minimum absolute atomic E-state index is 0. The van der Waals surface area contributed by atoms with E-state index in [9.17, 15) is 0 Å². The molecule has 1 aromatic carbocycles. The highest BCUT2D eigenvalue weighted by Crippen LogP contribution is 2.05.